The fraction of sp³-hybridized carbons (Fsp3) is 0.294. The van der Waals surface area contributed by atoms with Gasteiger partial charge in [-0.1, -0.05) is 12.1 Å². The molecular weight excluding hydrogens is 308 g/mol. The maximum atomic E-state index is 11.2. The molecule has 1 aliphatic heterocycles. The van der Waals surface area contributed by atoms with Gasteiger partial charge in [0, 0.05) is 31.3 Å². The van der Waals surface area contributed by atoms with Gasteiger partial charge in [0.2, 0.25) is 5.82 Å². The number of aromatic nitrogens is 2. The molecule has 1 aromatic carbocycles. The monoisotopic (exact) mass is 324 g/mol. The second-order valence-corrected chi connectivity index (χ2v) is 5.88. The summed E-state index contributed by atoms with van der Waals surface area (Å²) in [5.74, 6) is 1.43. The van der Waals surface area contributed by atoms with E-state index < -0.39 is 0 Å². The lowest BCUT2D eigenvalue weighted by Gasteiger charge is -2.31. The quantitative estimate of drug-likeness (QED) is 0.541. The number of para-hydroxylation sites is 2. The van der Waals surface area contributed by atoms with Crippen molar-refractivity contribution < 1.29 is 9.34 Å². The van der Waals surface area contributed by atoms with E-state index in [0.29, 0.717) is 18.9 Å². The van der Waals surface area contributed by atoms with Crippen LogP contribution in [0.1, 0.15) is 24.7 Å². The van der Waals surface area contributed by atoms with Crippen molar-refractivity contribution in [3.05, 3.63) is 58.6 Å². The van der Waals surface area contributed by atoms with Crippen molar-refractivity contribution in [3.63, 3.8) is 0 Å². The smallest absolute Gasteiger partial charge is 0.311 e. The van der Waals surface area contributed by atoms with Gasteiger partial charge in [0.25, 0.3) is 0 Å². The lowest BCUT2D eigenvalue weighted by atomic mass is 9.96. The van der Waals surface area contributed by atoms with Crippen LogP contribution in [0.25, 0.3) is 11.1 Å². The number of rotatable bonds is 3. The molecular formula is C17H16N4O3. The molecule has 0 radical (unpaired) electrons. The summed E-state index contributed by atoms with van der Waals surface area (Å²) in [6.45, 7) is 1.39. The van der Waals surface area contributed by atoms with E-state index in [2.05, 4.69) is 9.97 Å². The van der Waals surface area contributed by atoms with Crippen molar-refractivity contribution in [2.24, 2.45) is 0 Å². The summed E-state index contributed by atoms with van der Waals surface area (Å²) in [5, 5.41) is 11.2. The Kier molecular flexibility index (Phi) is 3.60. The molecule has 0 bridgehead atoms. The molecule has 7 heteroatoms. The number of hydrogen-bond donors (Lipinski definition) is 0. The van der Waals surface area contributed by atoms with Gasteiger partial charge < -0.3 is 9.32 Å². The second kappa shape index (κ2) is 5.92. The highest BCUT2D eigenvalue weighted by atomic mass is 16.6. The first-order chi connectivity index (χ1) is 11.7. The highest BCUT2D eigenvalue weighted by Gasteiger charge is 2.28. The molecule has 0 spiro atoms. The minimum absolute atomic E-state index is 0.0535. The molecule has 0 N–H and O–H groups in total. The molecule has 3 heterocycles. The highest BCUT2D eigenvalue weighted by molar-refractivity contribution is 5.72. The van der Waals surface area contributed by atoms with Gasteiger partial charge in [-0.25, -0.2) is 9.97 Å². The van der Waals surface area contributed by atoms with E-state index in [1.54, 1.807) is 12.3 Å². The molecule has 1 aliphatic rings. The number of hydrogen-bond acceptors (Lipinski definition) is 6. The van der Waals surface area contributed by atoms with Crippen molar-refractivity contribution in [2.75, 3.05) is 18.0 Å². The lowest BCUT2D eigenvalue weighted by molar-refractivity contribution is -0.384. The van der Waals surface area contributed by atoms with Crippen LogP contribution in [0, 0.1) is 10.1 Å². The fourth-order valence-corrected chi connectivity index (χ4v) is 3.18. The number of fused-ring (bicyclic) bond motifs is 1. The standard InChI is InChI=1S/C17H16N4O3/c22-21(23)14-5-3-9-18-16(14)20-10-7-12(8-11-20)17-19-13-4-1-2-6-15(13)24-17/h1-6,9,12H,7-8,10-11H2. The number of anilines is 1. The Bertz CT molecular complexity index is 851. The van der Waals surface area contributed by atoms with E-state index >= 15 is 0 Å². The number of pyridine rings is 1. The Morgan fingerprint density at radius 1 is 1.17 bits per heavy atom. The van der Waals surface area contributed by atoms with Crippen molar-refractivity contribution in [3.8, 4) is 0 Å². The highest BCUT2D eigenvalue weighted by Crippen LogP contribution is 2.33. The predicted octanol–water partition coefficient (Wildman–Crippen LogP) is 3.52. The van der Waals surface area contributed by atoms with Crippen LogP contribution in [0.3, 0.4) is 0 Å². The van der Waals surface area contributed by atoms with E-state index in [9.17, 15) is 10.1 Å². The third-order valence-electron chi connectivity index (χ3n) is 4.42. The topological polar surface area (TPSA) is 85.3 Å². The third kappa shape index (κ3) is 2.58. The molecule has 1 saturated heterocycles. The molecule has 0 atom stereocenters. The molecule has 24 heavy (non-hydrogen) atoms. The zero-order valence-electron chi connectivity index (χ0n) is 13.0. The molecule has 0 amide bonds. The first-order valence-corrected chi connectivity index (χ1v) is 7.92. The first kappa shape index (κ1) is 14.6. The normalized spacial score (nSPS) is 15.8. The maximum absolute atomic E-state index is 11.2. The molecule has 1 fully saturated rings. The van der Waals surface area contributed by atoms with Crippen molar-refractivity contribution in [1.29, 1.82) is 0 Å². The minimum atomic E-state index is -0.380. The van der Waals surface area contributed by atoms with Crippen LogP contribution in [0.5, 0.6) is 0 Å². The van der Waals surface area contributed by atoms with Crippen molar-refractivity contribution in [1.82, 2.24) is 9.97 Å². The number of benzene rings is 1. The maximum Gasteiger partial charge on any atom is 0.311 e. The minimum Gasteiger partial charge on any atom is -0.440 e. The average Bonchev–Trinajstić information content (AvgIpc) is 3.06. The molecule has 0 unspecified atom stereocenters. The summed E-state index contributed by atoms with van der Waals surface area (Å²) in [7, 11) is 0. The molecule has 2 aromatic heterocycles. The van der Waals surface area contributed by atoms with Gasteiger partial charge in [-0.05, 0) is 31.0 Å². The Hall–Kier alpha value is -2.96. The molecule has 7 nitrogen and oxygen atoms in total. The SMILES string of the molecule is O=[N+]([O-])c1cccnc1N1CCC(c2nc3ccccc3o2)CC1. The molecule has 3 aromatic rings. The lowest BCUT2D eigenvalue weighted by Crippen LogP contribution is -2.34. The fourth-order valence-electron chi connectivity index (χ4n) is 3.18. The van der Waals surface area contributed by atoms with Crippen LogP contribution < -0.4 is 4.90 Å². The van der Waals surface area contributed by atoms with E-state index in [4.69, 9.17) is 4.42 Å². The van der Waals surface area contributed by atoms with Gasteiger partial charge >= 0.3 is 5.69 Å². The number of oxazole rings is 1. The van der Waals surface area contributed by atoms with E-state index in [1.807, 2.05) is 29.2 Å². The summed E-state index contributed by atoms with van der Waals surface area (Å²) in [6.07, 6.45) is 3.26. The summed E-state index contributed by atoms with van der Waals surface area (Å²) >= 11 is 0. The van der Waals surface area contributed by atoms with Crippen LogP contribution in [-0.2, 0) is 0 Å². The Morgan fingerprint density at radius 3 is 2.71 bits per heavy atom. The van der Waals surface area contributed by atoms with Crippen LogP contribution in [-0.4, -0.2) is 28.0 Å². The molecule has 0 aliphatic carbocycles. The van der Waals surface area contributed by atoms with Crippen molar-refractivity contribution >= 4 is 22.6 Å². The summed E-state index contributed by atoms with van der Waals surface area (Å²) in [4.78, 5) is 21.5. The van der Waals surface area contributed by atoms with Crippen molar-refractivity contribution in [2.45, 2.75) is 18.8 Å². The molecule has 4 rings (SSSR count). The summed E-state index contributed by atoms with van der Waals surface area (Å²) in [5.41, 5.74) is 1.73. The average molecular weight is 324 g/mol. The van der Waals surface area contributed by atoms with Gasteiger partial charge in [0.15, 0.2) is 11.5 Å². The number of nitrogens with zero attached hydrogens (tertiary/aromatic N) is 4. The van der Waals surface area contributed by atoms with Crippen LogP contribution >= 0.6 is 0 Å². The molecule has 0 saturated carbocycles. The molecule has 122 valence electrons. The van der Waals surface area contributed by atoms with Gasteiger partial charge in [-0.15, -0.1) is 0 Å². The Morgan fingerprint density at radius 2 is 1.96 bits per heavy atom. The van der Waals surface area contributed by atoms with Gasteiger partial charge in [0.1, 0.15) is 5.52 Å². The van der Waals surface area contributed by atoms with E-state index in [0.717, 1.165) is 29.8 Å². The zero-order chi connectivity index (χ0) is 16.5. The van der Waals surface area contributed by atoms with Crippen LogP contribution in [0.15, 0.2) is 47.0 Å². The third-order valence-corrected chi connectivity index (χ3v) is 4.42. The first-order valence-electron chi connectivity index (χ1n) is 7.92. The zero-order valence-corrected chi connectivity index (χ0v) is 13.0. The van der Waals surface area contributed by atoms with Gasteiger partial charge in [-0.2, -0.15) is 0 Å². The summed E-state index contributed by atoms with van der Waals surface area (Å²) in [6, 6.07) is 10.8. The Labute approximate surface area is 138 Å². The van der Waals surface area contributed by atoms with E-state index in [-0.39, 0.29) is 16.5 Å². The Balaban J connectivity index is 1.52. The predicted molar refractivity (Wildman–Crippen MR) is 89.1 cm³/mol. The largest absolute Gasteiger partial charge is 0.440 e. The number of nitro groups is 1. The number of piperidine rings is 1. The summed E-state index contributed by atoms with van der Waals surface area (Å²) < 4.78 is 5.86. The van der Waals surface area contributed by atoms with Gasteiger partial charge in [-0.3, -0.25) is 10.1 Å². The second-order valence-electron chi connectivity index (χ2n) is 5.88. The van der Waals surface area contributed by atoms with E-state index in [1.165, 1.54) is 6.07 Å². The van der Waals surface area contributed by atoms with Gasteiger partial charge in [0.05, 0.1) is 4.92 Å². The van der Waals surface area contributed by atoms with Crippen LogP contribution in [0.4, 0.5) is 11.5 Å². The van der Waals surface area contributed by atoms with Crippen LogP contribution in [0.2, 0.25) is 0 Å².